The van der Waals surface area contributed by atoms with Gasteiger partial charge < -0.3 is 5.11 Å². The maximum Gasteiger partial charge on any atom is 0.0602 e. The van der Waals surface area contributed by atoms with Crippen molar-refractivity contribution in [2.75, 3.05) is 0 Å². The van der Waals surface area contributed by atoms with E-state index in [1.807, 2.05) is 0 Å². The Morgan fingerprint density at radius 2 is 2.17 bits per heavy atom. The van der Waals surface area contributed by atoms with Gasteiger partial charge in [0.05, 0.1) is 6.10 Å². The fourth-order valence-corrected chi connectivity index (χ4v) is 2.61. The average molecular weight is 166 g/mol. The summed E-state index contributed by atoms with van der Waals surface area (Å²) in [6, 6.07) is 0. The molecule has 0 aromatic carbocycles. The van der Waals surface area contributed by atoms with Gasteiger partial charge in [0.15, 0.2) is 0 Å². The van der Waals surface area contributed by atoms with Gasteiger partial charge in [-0.1, -0.05) is 19.1 Å². The zero-order valence-electron chi connectivity index (χ0n) is 8.01. The molecule has 0 radical (unpaired) electrons. The van der Waals surface area contributed by atoms with E-state index in [0.717, 1.165) is 12.3 Å². The number of hydrogen-bond acceptors (Lipinski definition) is 1. The van der Waals surface area contributed by atoms with Crippen molar-refractivity contribution in [3.05, 3.63) is 12.2 Å². The number of fused-ring (bicyclic) bond motifs is 1. The van der Waals surface area contributed by atoms with Crippen molar-refractivity contribution >= 4 is 0 Å². The number of aliphatic hydroxyl groups is 1. The summed E-state index contributed by atoms with van der Waals surface area (Å²) in [4.78, 5) is 0. The zero-order chi connectivity index (χ0) is 8.93. The number of aliphatic hydroxyl groups excluding tert-OH is 1. The molecule has 1 nitrogen and oxygen atoms in total. The van der Waals surface area contributed by atoms with Gasteiger partial charge in [-0.2, -0.15) is 0 Å². The van der Waals surface area contributed by atoms with Crippen LogP contribution in [0.25, 0.3) is 0 Å². The van der Waals surface area contributed by atoms with Gasteiger partial charge in [0.25, 0.3) is 0 Å². The Kier molecular flexibility index (Phi) is 1.63. The van der Waals surface area contributed by atoms with Gasteiger partial charge in [0, 0.05) is 0 Å². The molecular weight excluding hydrogens is 148 g/mol. The maximum absolute atomic E-state index is 9.86. The monoisotopic (exact) mass is 166 g/mol. The van der Waals surface area contributed by atoms with Crippen molar-refractivity contribution in [2.45, 2.75) is 39.2 Å². The highest BCUT2D eigenvalue weighted by Crippen LogP contribution is 2.62. The molecule has 2 aliphatic carbocycles. The van der Waals surface area contributed by atoms with Crippen LogP contribution in [0, 0.1) is 17.3 Å². The highest BCUT2D eigenvalue weighted by Gasteiger charge is 2.58. The van der Waals surface area contributed by atoms with Crippen LogP contribution in [0.2, 0.25) is 0 Å². The lowest BCUT2D eigenvalue weighted by atomic mass is 9.78. The SMILES string of the molecule is C=C(C)[C@H]1C[C@H]2C[C@@]2(C)[C@@H](O)C1. The summed E-state index contributed by atoms with van der Waals surface area (Å²) < 4.78 is 0. The van der Waals surface area contributed by atoms with Crippen molar-refractivity contribution in [1.82, 2.24) is 0 Å². The smallest absolute Gasteiger partial charge is 0.0602 e. The van der Waals surface area contributed by atoms with E-state index in [9.17, 15) is 5.11 Å². The zero-order valence-corrected chi connectivity index (χ0v) is 8.01. The van der Waals surface area contributed by atoms with Crippen LogP contribution in [0.3, 0.4) is 0 Å². The first kappa shape index (κ1) is 8.31. The summed E-state index contributed by atoms with van der Waals surface area (Å²) >= 11 is 0. The third-order valence-electron chi connectivity index (χ3n) is 3.99. The molecule has 0 aromatic rings. The highest BCUT2D eigenvalue weighted by atomic mass is 16.3. The number of hydrogen-bond donors (Lipinski definition) is 1. The van der Waals surface area contributed by atoms with E-state index >= 15 is 0 Å². The Labute approximate surface area is 74.5 Å². The van der Waals surface area contributed by atoms with Crippen LogP contribution in [0.15, 0.2) is 12.2 Å². The molecule has 12 heavy (non-hydrogen) atoms. The van der Waals surface area contributed by atoms with E-state index < -0.39 is 0 Å². The van der Waals surface area contributed by atoms with Crippen molar-refractivity contribution in [1.29, 1.82) is 0 Å². The van der Waals surface area contributed by atoms with Gasteiger partial charge in [-0.15, -0.1) is 0 Å². The molecule has 0 bridgehead atoms. The van der Waals surface area contributed by atoms with Gasteiger partial charge >= 0.3 is 0 Å². The molecule has 0 unspecified atom stereocenters. The van der Waals surface area contributed by atoms with Crippen LogP contribution >= 0.6 is 0 Å². The van der Waals surface area contributed by atoms with Crippen molar-refractivity contribution in [3.63, 3.8) is 0 Å². The third kappa shape index (κ3) is 1.03. The summed E-state index contributed by atoms with van der Waals surface area (Å²) in [5.41, 5.74) is 1.54. The van der Waals surface area contributed by atoms with Crippen LogP contribution in [-0.2, 0) is 0 Å². The van der Waals surface area contributed by atoms with E-state index in [1.165, 1.54) is 18.4 Å². The molecular formula is C11H18O. The minimum absolute atomic E-state index is 0.0713. The molecule has 0 aliphatic heterocycles. The molecule has 2 saturated carbocycles. The van der Waals surface area contributed by atoms with Crippen LogP contribution in [0.1, 0.15) is 33.1 Å². The summed E-state index contributed by atoms with van der Waals surface area (Å²) in [5.74, 6) is 1.36. The molecule has 0 heterocycles. The first-order valence-corrected chi connectivity index (χ1v) is 4.87. The van der Waals surface area contributed by atoms with Crippen molar-refractivity contribution in [3.8, 4) is 0 Å². The first-order chi connectivity index (χ1) is 5.54. The van der Waals surface area contributed by atoms with Crippen LogP contribution in [-0.4, -0.2) is 11.2 Å². The Hall–Kier alpha value is -0.300. The fourth-order valence-electron chi connectivity index (χ4n) is 2.61. The average Bonchev–Trinajstić information content (AvgIpc) is 2.62. The molecule has 4 atom stereocenters. The minimum atomic E-state index is -0.0713. The molecule has 2 aliphatic rings. The van der Waals surface area contributed by atoms with E-state index in [2.05, 4.69) is 20.4 Å². The molecule has 0 spiro atoms. The largest absolute Gasteiger partial charge is 0.393 e. The molecule has 0 aromatic heterocycles. The van der Waals surface area contributed by atoms with Crippen LogP contribution < -0.4 is 0 Å². The normalized spacial score (nSPS) is 51.4. The maximum atomic E-state index is 9.86. The second-order valence-electron chi connectivity index (χ2n) is 4.94. The second-order valence-corrected chi connectivity index (χ2v) is 4.94. The highest BCUT2D eigenvalue weighted by molar-refractivity contribution is 5.13. The van der Waals surface area contributed by atoms with Gasteiger partial charge in [-0.25, -0.2) is 0 Å². The fraction of sp³-hybridized carbons (Fsp3) is 0.818. The summed E-state index contributed by atoms with van der Waals surface area (Å²) in [6.45, 7) is 8.28. The molecule has 1 heteroatoms. The van der Waals surface area contributed by atoms with Crippen LogP contribution in [0.5, 0.6) is 0 Å². The predicted molar refractivity (Wildman–Crippen MR) is 49.8 cm³/mol. The Morgan fingerprint density at radius 3 is 2.67 bits per heavy atom. The van der Waals surface area contributed by atoms with E-state index in [1.54, 1.807) is 0 Å². The molecule has 68 valence electrons. The Balaban J connectivity index is 2.06. The molecule has 2 rings (SSSR count). The lowest BCUT2D eigenvalue weighted by molar-refractivity contribution is 0.0485. The lowest BCUT2D eigenvalue weighted by Gasteiger charge is -2.31. The molecule has 0 saturated heterocycles. The van der Waals surface area contributed by atoms with Crippen LogP contribution in [0.4, 0.5) is 0 Å². The molecule has 0 amide bonds. The molecule has 1 N–H and O–H groups in total. The number of allylic oxidation sites excluding steroid dienone is 1. The quantitative estimate of drug-likeness (QED) is 0.593. The standard InChI is InChI=1S/C11H18O/c1-7(2)8-4-9-6-11(9,3)10(12)5-8/h8-10,12H,1,4-6H2,2-3H3/t8-,9-,10-,11+/m0/s1. The topological polar surface area (TPSA) is 20.2 Å². The summed E-state index contributed by atoms with van der Waals surface area (Å²) in [7, 11) is 0. The van der Waals surface area contributed by atoms with E-state index in [0.29, 0.717) is 5.92 Å². The van der Waals surface area contributed by atoms with E-state index in [4.69, 9.17) is 0 Å². The Morgan fingerprint density at radius 1 is 1.50 bits per heavy atom. The minimum Gasteiger partial charge on any atom is -0.393 e. The second kappa shape index (κ2) is 2.35. The van der Waals surface area contributed by atoms with Gasteiger partial charge in [-0.3, -0.25) is 0 Å². The Bertz CT molecular complexity index is 221. The van der Waals surface area contributed by atoms with Gasteiger partial charge in [-0.05, 0) is 43.4 Å². The first-order valence-electron chi connectivity index (χ1n) is 4.87. The van der Waals surface area contributed by atoms with Crippen molar-refractivity contribution in [2.24, 2.45) is 17.3 Å². The van der Waals surface area contributed by atoms with Gasteiger partial charge in [0.2, 0.25) is 0 Å². The summed E-state index contributed by atoms with van der Waals surface area (Å²) in [6.07, 6.45) is 3.38. The summed E-state index contributed by atoms with van der Waals surface area (Å²) in [5, 5.41) is 9.86. The van der Waals surface area contributed by atoms with Crippen molar-refractivity contribution < 1.29 is 5.11 Å². The lowest BCUT2D eigenvalue weighted by Crippen LogP contribution is -2.29. The predicted octanol–water partition coefficient (Wildman–Crippen LogP) is 2.36. The third-order valence-corrected chi connectivity index (χ3v) is 3.99. The molecule has 2 fully saturated rings. The van der Waals surface area contributed by atoms with E-state index in [-0.39, 0.29) is 11.5 Å². The van der Waals surface area contributed by atoms with Gasteiger partial charge in [0.1, 0.15) is 0 Å². The number of rotatable bonds is 1.